The summed E-state index contributed by atoms with van der Waals surface area (Å²) in [5.74, 6) is 0. The van der Waals surface area contributed by atoms with Gasteiger partial charge in [0.05, 0.1) is 0 Å². The van der Waals surface area contributed by atoms with E-state index in [2.05, 4.69) is 184 Å². The van der Waals surface area contributed by atoms with Crippen molar-refractivity contribution in [2.75, 3.05) is 0 Å². The summed E-state index contributed by atoms with van der Waals surface area (Å²) < 4.78 is 2.67. The highest BCUT2D eigenvalue weighted by atomic mass is 32.1. The van der Waals surface area contributed by atoms with Crippen molar-refractivity contribution in [1.82, 2.24) is 0 Å². The molecule has 0 amide bonds. The third-order valence-corrected chi connectivity index (χ3v) is 12.8. The van der Waals surface area contributed by atoms with E-state index >= 15 is 0 Å². The number of fused-ring (bicyclic) bond motifs is 10. The summed E-state index contributed by atoms with van der Waals surface area (Å²) in [6.45, 7) is 4.75. The smallest absolute Gasteiger partial charge is 0.0355 e. The maximum Gasteiger partial charge on any atom is 0.0355 e. The largest absolute Gasteiger partial charge is 0.135 e. The van der Waals surface area contributed by atoms with Crippen LogP contribution in [0.2, 0.25) is 0 Å². The summed E-state index contributed by atoms with van der Waals surface area (Å²) in [6.07, 6.45) is 0. The minimum Gasteiger partial charge on any atom is -0.135 e. The van der Waals surface area contributed by atoms with E-state index in [4.69, 9.17) is 0 Å². The Labute approximate surface area is 307 Å². The molecule has 0 fully saturated rings. The van der Waals surface area contributed by atoms with Crippen LogP contribution < -0.4 is 0 Å². The summed E-state index contributed by atoms with van der Waals surface area (Å²) in [5.41, 5.74) is 13.1. The van der Waals surface area contributed by atoms with Crippen molar-refractivity contribution in [3.05, 3.63) is 181 Å². The minimum absolute atomic E-state index is 0.0502. The summed E-state index contributed by atoms with van der Waals surface area (Å²) >= 11 is 1.87. The fourth-order valence-corrected chi connectivity index (χ4v) is 10.3. The van der Waals surface area contributed by atoms with Crippen molar-refractivity contribution in [3.8, 4) is 44.5 Å². The van der Waals surface area contributed by atoms with E-state index in [9.17, 15) is 0 Å². The lowest BCUT2D eigenvalue weighted by Crippen LogP contribution is -2.15. The molecule has 52 heavy (non-hydrogen) atoms. The van der Waals surface area contributed by atoms with Crippen molar-refractivity contribution >= 4 is 63.8 Å². The van der Waals surface area contributed by atoms with Gasteiger partial charge in [-0.25, -0.2) is 0 Å². The average molecular weight is 679 g/mol. The van der Waals surface area contributed by atoms with Crippen LogP contribution >= 0.6 is 11.3 Å². The van der Waals surface area contributed by atoms with Crippen LogP contribution in [-0.2, 0) is 5.41 Å². The van der Waals surface area contributed by atoms with Gasteiger partial charge >= 0.3 is 0 Å². The number of rotatable bonds is 3. The molecule has 0 radical (unpaired) electrons. The Morgan fingerprint density at radius 1 is 0.365 bits per heavy atom. The molecule has 11 rings (SSSR count). The predicted octanol–water partition coefficient (Wildman–Crippen LogP) is 14.8. The van der Waals surface area contributed by atoms with Gasteiger partial charge in [0.2, 0.25) is 0 Å². The fraction of sp³-hybridized carbons (Fsp3) is 0.0588. The number of hydrogen-bond acceptors (Lipinski definition) is 1. The number of benzene rings is 9. The minimum atomic E-state index is -0.0502. The first-order valence-corrected chi connectivity index (χ1v) is 19.0. The SMILES string of the molecule is CC1(C)c2ccc(-c3ccc(-c4c5ccccc5c(-c5ccc6sc7ccccc7c6c5)c5ccccc45)cc3)cc2-c2ccc3ccccc3c21. The molecule has 1 aliphatic carbocycles. The Morgan fingerprint density at radius 3 is 1.62 bits per heavy atom. The zero-order valence-corrected chi connectivity index (χ0v) is 29.9. The van der Waals surface area contributed by atoms with E-state index in [0.717, 1.165) is 0 Å². The zero-order chi connectivity index (χ0) is 34.6. The van der Waals surface area contributed by atoms with Crippen LogP contribution in [0.4, 0.5) is 0 Å². The Morgan fingerprint density at radius 2 is 0.904 bits per heavy atom. The maximum atomic E-state index is 2.42. The molecular formula is C51H34S. The monoisotopic (exact) mass is 678 g/mol. The zero-order valence-electron chi connectivity index (χ0n) is 29.1. The van der Waals surface area contributed by atoms with Crippen molar-refractivity contribution in [1.29, 1.82) is 0 Å². The lowest BCUT2D eigenvalue weighted by molar-refractivity contribution is 0.666. The Balaban J connectivity index is 1.05. The van der Waals surface area contributed by atoms with E-state index in [0.29, 0.717) is 0 Å². The first-order chi connectivity index (χ1) is 25.5. The van der Waals surface area contributed by atoms with Gasteiger partial charge in [-0.1, -0.05) is 159 Å². The van der Waals surface area contributed by atoms with Crippen LogP contribution in [0, 0.1) is 0 Å². The second-order valence-corrected chi connectivity index (χ2v) is 15.9. The van der Waals surface area contributed by atoms with Crippen molar-refractivity contribution in [2.45, 2.75) is 19.3 Å². The molecule has 0 aliphatic heterocycles. The van der Waals surface area contributed by atoms with Gasteiger partial charge in [-0.3, -0.25) is 0 Å². The molecule has 0 saturated carbocycles. The molecule has 0 saturated heterocycles. The van der Waals surface area contributed by atoms with Crippen LogP contribution in [-0.4, -0.2) is 0 Å². The van der Waals surface area contributed by atoms with E-state index in [1.807, 2.05) is 11.3 Å². The first kappa shape index (κ1) is 29.7. The second-order valence-electron chi connectivity index (χ2n) is 14.8. The second kappa shape index (κ2) is 11.0. The standard InChI is InChI=1S/C51H34S/c1-51(2)45-27-24-34(29-43(45)42-26-23-32-11-3-4-12-36(32)50(42)51)31-19-21-33(22-20-31)48-38-14-5-7-16-40(38)49(41-17-8-6-15-39(41)48)35-25-28-47-44(30-35)37-13-9-10-18-46(37)52-47/h3-30H,1-2H3. The van der Waals surface area contributed by atoms with Crippen LogP contribution in [0.5, 0.6) is 0 Å². The summed E-state index contributed by atoms with van der Waals surface area (Å²) in [4.78, 5) is 0. The molecule has 9 aromatic carbocycles. The molecule has 244 valence electrons. The third-order valence-electron chi connectivity index (χ3n) is 11.6. The molecule has 0 spiro atoms. The van der Waals surface area contributed by atoms with Crippen LogP contribution in [0.15, 0.2) is 170 Å². The van der Waals surface area contributed by atoms with Gasteiger partial charge in [0.25, 0.3) is 0 Å². The molecule has 0 atom stereocenters. The van der Waals surface area contributed by atoms with Crippen LogP contribution in [0.25, 0.3) is 97.0 Å². The highest BCUT2D eigenvalue weighted by molar-refractivity contribution is 7.25. The van der Waals surface area contributed by atoms with Crippen LogP contribution in [0.1, 0.15) is 25.0 Å². The van der Waals surface area contributed by atoms with E-state index < -0.39 is 0 Å². The molecular weight excluding hydrogens is 645 g/mol. The Hall–Kier alpha value is -6.02. The third kappa shape index (κ3) is 4.21. The van der Waals surface area contributed by atoms with Gasteiger partial charge in [-0.05, 0) is 112 Å². The van der Waals surface area contributed by atoms with Crippen molar-refractivity contribution < 1.29 is 0 Å². The molecule has 10 aromatic rings. The van der Waals surface area contributed by atoms with Crippen LogP contribution in [0.3, 0.4) is 0 Å². The number of thiophene rings is 1. The lowest BCUT2D eigenvalue weighted by Gasteiger charge is -2.23. The van der Waals surface area contributed by atoms with Crippen molar-refractivity contribution in [3.63, 3.8) is 0 Å². The van der Waals surface area contributed by atoms with E-state index in [-0.39, 0.29) is 5.41 Å². The summed E-state index contributed by atoms with van der Waals surface area (Å²) in [7, 11) is 0. The normalized spacial score (nSPS) is 13.3. The van der Waals surface area contributed by atoms with Gasteiger partial charge < -0.3 is 0 Å². The van der Waals surface area contributed by atoms with Gasteiger partial charge in [0.1, 0.15) is 0 Å². The topological polar surface area (TPSA) is 0 Å². The van der Waals surface area contributed by atoms with Gasteiger partial charge in [-0.15, -0.1) is 11.3 Å². The molecule has 1 heterocycles. The van der Waals surface area contributed by atoms with Gasteiger partial charge in [0.15, 0.2) is 0 Å². The molecule has 1 aromatic heterocycles. The molecule has 1 heteroatoms. The molecule has 0 N–H and O–H groups in total. The predicted molar refractivity (Wildman–Crippen MR) is 226 cm³/mol. The highest BCUT2D eigenvalue weighted by Crippen LogP contribution is 2.52. The Kier molecular flexibility index (Phi) is 6.27. The summed E-state index contributed by atoms with van der Waals surface area (Å²) in [5, 5.41) is 10.5. The Bertz CT molecular complexity index is 3030. The van der Waals surface area contributed by atoms with E-state index in [1.54, 1.807) is 0 Å². The average Bonchev–Trinajstić information content (AvgIpc) is 3.68. The van der Waals surface area contributed by atoms with Crippen molar-refractivity contribution in [2.24, 2.45) is 0 Å². The quantitative estimate of drug-likeness (QED) is 0.163. The number of hydrogen-bond donors (Lipinski definition) is 0. The fourth-order valence-electron chi connectivity index (χ4n) is 9.26. The highest BCUT2D eigenvalue weighted by Gasteiger charge is 2.37. The summed E-state index contributed by atoms with van der Waals surface area (Å²) in [6, 6.07) is 63.6. The molecule has 0 unspecified atom stereocenters. The van der Waals surface area contributed by atoms with E-state index in [1.165, 1.54) is 108 Å². The molecule has 1 aliphatic rings. The van der Waals surface area contributed by atoms with Gasteiger partial charge in [0, 0.05) is 25.6 Å². The maximum absolute atomic E-state index is 2.42. The molecule has 0 bridgehead atoms. The van der Waals surface area contributed by atoms with Gasteiger partial charge in [-0.2, -0.15) is 0 Å². The first-order valence-electron chi connectivity index (χ1n) is 18.2. The lowest BCUT2D eigenvalue weighted by atomic mass is 9.80. The molecule has 0 nitrogen and oxygen atoms in total.